The van der Waals surface area contributed by atoms with Crippen LogP contribution in [0.25, 0.3) is 0 Å². The van der Waals surface area contributed by atoms with Crippen LogP contribution >= 0.6 is 0 Å². The van der Waals surface area contributed by atoms with Gasteiger partial charge in [0.15, 0.2) is 0 Å². The number of nitrogens with zero attached hydrogens (tertiary/aromatic N) is 1. The molecule has 13 heavy (non-hydrogen) atoms. The third-order valence-corrected chi connectivity index (χ3v) is 3.27. The fraction of sp³-hybridized carbons (Fsp3) is 1.00. The predicted molar refractivity (Wildman–Crippen MR) is 58.9 cm³/mol. The van der Waals surface area contributed by atoms with Gasteiger partial charge in [-0.25, -0.2) is 0 Å². The van der Waals surface area contributed by atoms with Crippen LogP contribution in [0, 0.1) is 11.8 Å². The Kier molecular flexibility index (Phi) is 4.79. The van der Waals surface area contributed by atoms with Crippen LogP contribution in [0.15, 0.2) is 0 Å². The van der Waals surface area contributed by atoms with Crippen LogP contribution in [0.5, 0.6) is 0 Å². The van der Waals surface area contributed by atoms with E-state index in [0.29, 0.717) is 0 Å². The standard InChI is InChI=1S/C12H25N/c1-4-8-13-9-6-5-7-12(10-13)11(2)3/h11-12H,4-10H2,1-3H3. The van der Waals surface area contributed by atoms with Crippen molar-refractivity contribution in [3.8, 4) is 0 Å². The van der Waals surface area contributed by atoms with Gasteiger partial charge < -0.3 is 4.90 Å². The molecular formula is C12H25N. The lowest BCUT2D eigenvalue weighted by Crippen LogP contribution is -2.30. The zero-order chi connectivity index (χ0) is 9.68. The van der Waals surface area contributed by atoms with Crippen LogP contribution in [0.2, 0.25) is 0 Å². The lowest BCUT2D eigenvalue weighted by atomic mass is 9.91. The van der Waals surface area contributed by atoms with E-state index in [1.807, 2.05) is 0 Å². The number of hydrogen-bond donors (Lipinski definition) is 0. The molecule has 0 N–H and O–H groups in total. The van der Waals surface area contributed by atoms with Crippen molar-refractivity contribution < 1.29 is 0 Å². The average molecular weight is 183 g/mol. The third kappa shape index (κ3) is 3.68. The fourth-order valence-corrected chi connectivity index (χ4v) is 2.32. The van der Waals surface area contributed by atoms with Gasteiger partial charge in [-0.1, -0.05) is 27.2 Å². The van der Waals surface area contributed by atoms with Crippen LogP contribution in [-0.4, -0.2) is 24.5 Å². The Balaban J connectivity index is 2.39. The van der Waals surface area contributed by atoms with Crippen molar-refractivity contribution in [3.05, 3.63) is 0 Å². The van der Waals surface area contributed by atoms with Crippen molar-refractivity contribution in [1.82, 2.24) is 4.90 Å². The quantitative estimate of drug-likeness (QED) is 0.649. The van der Waals surface area contributed by atoms with Gasteiger partial charge in [-0.3, -0.25) is 0 Å². The first-order valence-electron chi connectivity index (χ1n) is 5.96. The first-order chi connectivity index (χ1) is 6.24. The van der Waals surface area contributed by atoms with Crippen molar-refractivity contribution in [2.24, 2.45) is 11.8 Å². The summed E-state index contributed by atoms with van der Waals surface area (Å²) in [5.74, 6) is 1.83. The topological polar surface area (TPSA) is 3.24 Å². The Morgan fingerprint density at radius 2 is 2.08 bits per heavy atom. The van der Waals surface area contributed by atoms with E-state index < -0.39 is 0 Å². The molecule has 0 radical (unpaired) electrons. The summed E-state index contributed by atoms with van der Waals surface area (Å²) in [4.78, 5) is 2.66. The summed E-state index contributed by atoms with van der Waals surface area (Å²) < 4.78 is 0. The van der Waals surface area contributed by atoms with E-state index in [9.17, 15) is 0 Å². The van der Waals surface area contributed by atoms with Crippen molar-refractivity contribution in [2.75, 3.05) is 19.6 Å². The van der Waals surface area contributed by atoms with Crippen molar-refractivity contribution >= 4 is 0 Å². The minimum atomic E-state index is 0.873. The lowest BCUT2D eigenvalue weighted by molar-refractivity contribution is 0.219. The molecule has 0 bridgehead atoms. The van der Waals surface area contributed by atoms with Gasteiger partial charge in [0.25, 0.3) is 0 Å². The largest absolute Gasteiger partial charge is 0.303 e. The summed E-state index contributed by atoms with van der Waals surface area (Å²) in [6.07, 6.45) is 5.63. The van der Waals surface area contributed by atoms with Gasteiger partial charge in [-0.2, -0.15) is 0 Å². The molecule has 0 aromatic heterocycles. The van der Waals surface area contributed by atoms with Gasteiger partial charge in [0.2, 0.25) is 0 Å². The molecule has 1 rings (SSSR count). The number of rotatable bonds is 3. The number of hydrogen-bond acceptors (Lipinski definition) is 1. The molecule has 78 valence electrons. The van der Waals surface area contributed by atoms with Crippen LogP contribution < -0.4 is 0 Å². The van der Waals surface area contributed by atoms with E-state index in [-0.39, 0.29) is 0 Å². The second kappa shape index (κ2) is 5.64. The minimum absolute atomic E-state index is 0.873. The van der Waals surface area contributed by atoms with Crippen molar-refractivity contribution in [2.45, 2.75) is 46.5 Å². The molecule has 0 amide bonds. The zero-order valence-electron chi connectivity index (χ0n) is 9.55. The summed E-state index contributed by atoms with van der Waals surface area (Å²) in [7, 11) is 0. The molecular weight excluding hydrogens is 158 g/mol. The van der Waals surface area contributed by atoms with E-state index in [0.717, 1.165) is 11.8 Å². The summed E-state index contributed by atoms with van der Waals surface area (Å²) in [5.41, 5.74) is 0. The maximum Gasteiger partial charge on any atom is 0.00121 e. The summed E-state index contributed by atoms with van der Waals surface area (Å²) in [6.45, 7) is 11.0. The summed E-state index contributed by atoms with van der Waals surface area (Å²) in [5, 5.41) is 0. The van der Waals surface area contributed by atoms with Gasteiger partial charge in [0, 0.05) is 6.54 Å². The smallest absolute Gasteiger partial charge is 0.00121 e. The molecule has 0 aliphatic carbocycles. The monoisotopic (exact) mass is 183 g/mol. The molecule has 1 heteroatoms. The van der Waals surface area contributed by atoms with E-state index in [1.165, 1.54) is 45.3 Å². The van der Waals surface area contributed by atoms with Crippen LogP contribution in [0.1, 0.15) is 46.5 Å². The predicted octanol–water partition coefficient (Wildman–Crippen LogP) is 3.15. The zero-order valence-corrected chi connectivity index (χ0v) is 9.55. The molecule has 1 heterocycles. The second-order valence-corrected chi connectivity index (χ2v) is 4.80. The number of likely N-dealkylation sites (tertiary alicyclic amines) is 1. The van der Waals surface area contributed by atoms with E-state index in [1.54, 1.807) is 0 Å². The molecule has 1 unspecified atom stereocenters. The molecule has 0 spiro atoms. The molecule has 1 aliphatic heterocycles. The highest BCUT2D eigenvalue weighted by molar-refractivity contribution is 4.72. The van der Waals surface area contributed by atoms with Crippen LogP contribution in [0.4, 0.5) is 0 Å². The van der Waals surface area contributed by atoms with Crippen LogP contribution in [0.3, 0.4) is 0 Å². The first-order valence-corrected chi connectivity index (χ1v) is 5.96. The minimum Gasteiger partial charge on any atom is -0.303 e. The Bertz CT molecular complexity index is 131. The highest BCUT2D eigenvalue weighted by Gasteiger charge is 2.19. The molecule has 0 aromatic rings. The van der Waals surface area contributed by atoms with Gasteiger partial charge in [0.05, 0.1) is 0 Å². The van der Waals surface area contributed by atoms with Crippen molar-refractivity contribution in [1.29, 1.82) is 0 Å². The Morgan fingerprint density at radius 3 is 2.69 bits per heavy atom. The molecule has 1 aliphatic rings. The van der Waals surface area contributed by atoms with Gasteiger partial charge in [0.1, 0.15) is 0 Å². The molecule has 1 nitrogen and oxygen atoms in total. The van der Waals surface area contributed by atoms with Gasteiger partial charge in [-0.05, 0) is 44.2 Å². The first kappa shape index (κ1) is 11.0. The Morgan fingerprint density at radius 1 is 1.31 bits per heavy atom. The van der Waals surface area contributed by atoms with Crippen molar-refractivity contribution in [3.63, 3.8) is 0 Å². The van der Waals surface area contributed by atoms with Gasteiger partial charge >= 0.3 is 0 Å². The Labute approximate surface area is 83.5 Å². The summed E-state index contributed by atoms with van der Waals surface area (Å²) in [6, 6.07) is 0. The Hall–Kier alpha value is -0.0400. The average Bonchev–Trinajstić information content (AvgIpc) is 2.30. The molecule has 0 aromatic carbocycles. The molecule has 1 saturated heterocycles. The lowest BCUT2D eigenvalue weighted by Gasteiger charge is -2.25. The SMILES string of the molecule is CCCN1CCCCC(C(C)C)C1. The van der Waals surface area contributed by atoms with Crippen LogP contribution in [-0.2, 0) is 0 Å². The molecule has 0 saturated carbocycles. The second-order valence-electron chi connectivity index (χ2n) is 4.80. The summed E-state index contributed by atoms with van der Waals surface area (Å²) >= 11 is 0. The third-order valence-electron chi connectivity index (χ3n) is 3.27. The normalized spacial score (nSPS) is 26.3. The fourth-order valence-electron chi connectivity index (χ4n) is 2.32. The highest BCUT2D eigenvalue weighted by atomic mass is 15.1. The maximum atomic E-state index is 2.66. The molecule has 1 fully saturated rings. The van der Waals surface area contributed by atoms with Gasteiger partial charge in [-0.15, -0.1) is 0 Å². The van der Waals surface area contributed by atoms with E-state index in [4.69, 9.17) is 0 Å². The van der Waals surface area contributed by atoms with E-state index >= 15 is 0 Å². The highest BCUT2D eigenvalue weighted by Crippen LogP contribution is 2.23. The van der Waals surface area contributed by atoms with E-state index in [2.05, 4.69) is 25.7 Å². The molecule has 1 atom stereocenters. The maximum absolute atomic E-state index is 2.66.